The molecule has 1 atom stereocenters. The molecule has 0 saturated heterocycles. The van der Waals surface area contributed by atoms with Crippen molar-refractivity contribution in [2.45, 2.75) is 26.7 Å². The number of nitrogens with one attached hydrogen (secondary N) is 1. The number of nitrogens with two attached hydrogens (primary N) is 1. The highest BCUT2D eigenvalue weighted by atomic mass is 16.5. The van der Waals surface area contributed by atoms with Crippen LogP contribution in [-0.4, -0.2) is 12.4 Å². The Hall–Kier alpha value is -1.51. The van der Waals surface area contributed by atoms with Crippen LogP contribution in [0, 0.1) is 11.3 Å². The minimum Gasteiger partial charge on any atom is -0.493 e. The van der Waals surface area contributed by atoms with Gasteiger partial charge in [-0.25, -0.2) is 0 Å². The number of benzene rings is 1. The fourth-order valence-electron chi connectivity index (χ4n) is 1.26. The van der Waals surface area contributed by atoms with Crippen molar-refractivity contribution in [1.82, 2.24) is 0 Å². The molecule has 3 heteroatoms. The molecule has 0 bridgehead atoms. The first kappa shape index (κ1) is 12.6. The van der Waals surface area contributed by atoms with Gasteiger partial charge in [0, 0.05) is 5.92 Å². The molecule has 3 N–H and O–H groups in total. The molecular weight excluding hydrogens is 200 g/mol. The Morgan fingerprint density at radius 3 is 2.25 bits per heavy atom. The van der Waals surface area contributed by atoms with E-state index in [-0.39, 0.29) is 11.8 Å². The van der Waals surface area contributed by atoms with Gasteiger partial charge in [-0.3, -0.25) is 5.41 Å². The zero-order valence-corrected chi connectivity index (χ0v) is 10.2. The van der Waals surface area contributed by atoms with Crippen LogP contribution in [0.5, 0.6) is 5.75 Å². The Labute approximate surface area is 97.1 Å². The van der Waals surface area contributed by atoms with Gasteiger partial charge in [0.2, 0.25) is 0 Å². The molecule has 0 spiro atoms. The van der Waals surface area contributed by atoms with Crippen molar-refractivity contribution in [3.63, 3.8) is 0 Å². The van der Waals surface area contributed by atoms with Crippen LogP contribution in [0.4, 0.5) is 0 Å². The van der Waals surface area contributed by atoms with Crippen molar-refractivity contribution >= 4 is 5.84 Å². The van der Waals surface area contributed by atoms with E-state index in [0.717, 1.165) is 5.75 Å². The van der Waals surface area contributed by atoms with E-state index >= 15 is 0 Å². The second kappa shape index (κ2) is 5.54. The number of rotatable bonds is 5. The van der Waals surface area contributed by atoms with E-state index in [1.807, 2.05) is 19.1 Å². The van der Waals surface area contributed by atoms with Crippen LogP contribution in [0.3, 0.4) is 0 Å². The van der Waals surface area contributed by atoms with Crippen molar-refractivity contribution in [1.29, 1.82) is 5.41 Å². The van der Waals surface area contributed by atoms with Gasteiger partial charge in [-0.15, -0.1) is 0 Å². The molecule has 3 nitrogen and oxygen atoms in total. The molecule has 0 heterocycles. The summed E-state index contributed by atoms with van der Waals surface area (Å²) in [4.78, 5) is 0. The van der Waals surface area contributed by atoms with Gasteiger partial charge in [-0.2, -0.15) is 0 Å². The molecule has 1 aromatic rings. The molecule has 0 aliphatic heterocycles. The smallest absolute Gasteiger partial charge is 0.119 e. The lowest BCUT2D eigenvalue weighted by atomic mass is 10.0. The van der Waals surface area contributed by atoms with E-state index in [4.69, 9.17) is 15.9 Å². The van der Waals surface area contributed by atoms with E-state index in [0.29, 0.717) is 12.5 Å². The minimum atomic E-state index is -0.0372. The van der Waals surface area contributed by atoms with Crippen molar-refractivity contribution in [2.24, 2.45) is 11.7 Å². The summed E-state index contributed by atoms with van der Waals surface area (Å²) in [6.07, 6.45) is 0. The third-order valence-corrected chi connectivity index (χ3v) is 2.58. The standard InChI is InChI=1S/C13H20N2O/c1-9(2)11-4-6-12(7-5-11)16-8-10(3)13(14)15/h4-7,9-10H,8H2,1-3H3,(H3,14,15). The SMILES string of the molecule is CC(COc1ccc(C(C)C)cc1)C(=N)N. The number of ether oxygens (including phenoxy) is 1. The van der Waals surface area contributed by atoms with Crippen LogP contribution < -0.4 is 10.5 Å². The number of hydrogen-bond donors (Lipinski definition) is 2. The first-order chi connectivity index (χ1) is 7.50. The zero-order chi connectivity index (χ0) is 12.1. The summed E-state index contributed by atoms with van der Waals surface area (Å²) in [7, 11) is 0. The van der Waals surface area contributed by atoms with E-state index in [1.54, 1.807) is 0 Å². The summed E-state index contributed by atoms with van der Waals surface area (Å²) in [5.41, 5.74) is 6.67. The summed E-state index contributed by atoms with van der Waals surface area (Å²) in [5, 5.41) is 7.25. The number of hydrogen-bond acceptors (Lipinski definition) is 2. The van der Waals surface area contributed by atoms with Gasteiger partial charge in [0.05, 0.1) is 12.4 Å². The van der Waals surface area contributed by atoms with E-state index in [1.165, 1.54) is 5.56 Å². The Morgan fingerprint density at radius 2 is 1.81 bits per heavy atom. The summed E-state index contributed by atoms with van der Waals surface area (Å²) in [6.45, 7) is 6.66. The molecule has 0 aliphatic carbocycles. The third-order valence-electron chi connectivity index (χ3n) is 2.58. The molecule has 1 aromatic carbocycles. The lowest BCUT2D eigenvalue weighted by Crippen LogP contribution is -2.25. The van der Waals surface area contributed by atoms with Gasteiger partial charge in [0.1, 0.15) is 5.75 Å². The Balaban J connectivity index is 2.52. The highest BCUT2D eigenvalue weighted by Crippen LogP contribution is 2.18. The molecule has 1 rings (SSSR count). The molecule has 0 amide bonds. The first-order valence-electron chi connectivity index (χ1n) is 5.57. The molecule has 0 aliphatic rings. The van der Waals surface area contributed by atoms with Crippen LogP contribution in [0.2, 0.25) is 0 Å². The second-order valence-electron chi connectivity index (χ2n) is 4.39. The van der Waals surface area contributed by atoms with Crippen molar-refractivity contribution in [3.05, 3.63) is 29.8 Å². The molecule has 0 saturated carbocycles. The molecule has 0 radical (unpaired) electrons. The van der Waals surface area contributed by atoms with Crippen molar-refractivity contribution < 1.29 is 4.74 Å². The molecular formula is C13H20N2O. The van der Waals surface area contributed by atoms with Gasteiger partial charge in [-0.1, -0.05) is 32.9 Å². The van der Waals surface area contributed by atoms with Crippen LogP contribution in [0.15, 0.2) is 24.3 Å². The number of amidine groups is 1. The Bertz CT molecular complexity index is 343. The molecule has 16 heavy (non-hydrogen) atoms. The summed E-state index contributed by atoms with van der Waals surface area (Å²) in [6, 6.07) is 8.06. The van der Waals surface area contributed by atoms with Crippen LogP contribution in [0.25, 0.3) is 0 Å². The van der Waals surface area contributed by atoms with Crippen LogP contribution >= 0.6 is 0 Å². The Morgan fingerprint density at radius 1 is 1.25 bits per heavy atom. The average molecular weight is 220 g/mol. The fraction of sp³-hybridized carbons (Fsp3) is 0.462. The fourth-order valence-corrected chi connectivity index (χ4v) is 1.26. The topological polar surface area (TPSA) is 59.1 Å². The van der Waals surface area contributed by atoms with Crippen molar-refractivity contribution in [3.8, 4) is 5.75 Å². The monoisotopic (exact) mass is 220 g/mol. The highest BCUT2D eigenvalue weighted by Gasteiger charge is 2.06. The van der Waals surface area contributed by atoms with Crippen molar-refractivity contribution in [2.75, 3.05) is 6.61 Å². The summed E-state index contributed by atoms with van der Waals surface area (Å²) < 4.78 is 5.54. The van der Waals surface area contributed by atoms with E-state index in [9.17, 15) is 0 Å². The van der Waals surface area contributed by atoms with Gasteiger partial charge < -0.3 is 10.5 Å². The summed E-state index contributed by atoms with van der Waals surface area (Å²) in [5.74, 6) is 1.49. The largest absolute Gasteiger partial charge is 0.493 e. The molecule has 88 valence electrons. The summed E-state index contributed by atoms with van der Waals surface area (Å²) >= 11 is 0. The molecule has 0 aromatic heterocycles. The second-order valence-corrected chi connectivity index (χ2v) is 4.39. The lowest BCUT2D eigenvalue weighted by Gasteiger charge is -2.12. The van der Waals surface area contributed by atoms with Gasteiger partial charge in [-0.05, 0) is 23.6 Å². The quantitative estimate of drug-likeness (QED) is 0.592. The van der Waals surface area contributed by atoms with Crippen LogP contribution in [0.1, 0.15) is 32.3 Å². The molecule has 0 fully saturated rings. The van der Waals surface area contributed by atoms with Crippen LogP contribution in [-0.2, 0) is 0 Å². The average Bonchev–Trinajstić information content (AvgIpc) is 2.26. The minimum absolute atomic E-state index is 0.0372. The Kier molecular flexibility index (Phi) is 4.35. The molecule has 1 unspecified atom stereocenters. The normalized spacial score (nSPS) is 12.5. The maximum Gasteiger partial charge on any atom is 0.119 e. The lowest BCUT2D eigenvalue weighted by molar-refractivity contribution is 0.292. The highest BCUT2D eigenvalue weighted by molar-refractivity contribution is 5.79. The van der Waals surface area contributed by atoms with Gasteiger partial charge in [0.25, 0.3) is 0 Å². The maximum atomic E-state index is 7.25. The predicted octanol–water partition coefficient (Wildman–Crippen LogP) is 2.76. The van der Waals surface area contributed by atoms with E-state index < -0.39 is 0 Å². The maximum absolute atomic E-state index is 7.25. The zero-order valence-electron chi connectivity index (χ0n) is 10.2. The van der Waals surface area contributed by atoms with E-state index in [2.05, 4.69) is 26.0 Å². The predicted molar refractivity (Wildman–Crippen MR) is 67.1 cm³/mol. The van der Waals surface area contributed by atoms with Gasteiger partial charge in [0.15, 0.2) is 0 Å². The third kappa shape index (κ3) is 3.57. The first-order valence-corrected chi connectivity index (χ1v) is 5.57. The van der Waals surface area contributed by atoms with Gasteiger partial charge >= 0.3 is 0 Å².